The molecular weight excluding hydrogens is 434 g/mol. The fraction of sp³-hybridized carbons (Fsp3) is 0.364. The van der Waals surface area contributed by atoms with Gasteiger partial charge in [-0.25, -0.2) is 13.1 Å². The Morgan fingerprint density at radius 1 is 1.06 bits per heavy atom. The molecule has 0 heterocycles. The van der Waals surface area contributed by atoms with Crippen LogP contribution in [0.4, 0.5) is 5.69 Å². The Bertz CT molecular complexity index is 973. The molecule has 3 N–H and O–H groups in total. The van der Waals surface area contributed by atoms with Crippen molar-refractivity contribution < 1.29 is 17.9 Å². The molecule has 7 nitrogen and oxygen atoms in total. The third-order valence-corrected chi connectivity index (χ3v) is 5.95. The summed E-state index contributed by atoms with van der Waals surface area (Å²) < 4.78 is 32.4. The number of rotatable bonds is 10. The minimum absolute atomic E-state index is 0.113. The van der Waals surface area contributed by atoms with Gasteiger partial charge in [0.2, 0.25) is 10.0 Å². The Balaban J connectivity index is 1.88. The first-order chi connectivity index (χ1) is 14.7. The number of benzene rings is 2. The van der Waals surface area contributed by atoms with Crippen molar-refractivity contribution in [2.45, 2.75) is 38.5 Å². The summed E-state index contributed by atoms with van der Waals surface area (Å²) in [5, 5.41) is 5.59. The van der Waals surface area contributed by atoms with Gasteiger partial charge in [0.05, 0.1) is 11.5 Å². The van der Waals surface area contributed by atoms with Crippen molar-refractivity contribution in [2.24, 2.45) is 5.92 Å². The number of carbonyl (C=O) groups is 1. The maximum atomic E-state index is 12.4. The molecule has 0 radical (unpaired) electrons. The highest BCUT2D eigenvalue weighted by Crippen LogP contribution is 2.15. The maximum absolute atomic E-state index is 12.4. The number of amides is 1. The van der Waals surface area contributed by atoms with Gasteiger partial charge < -0.3 is 10.1 Å². The minimum atomic E-state index is -3.53. The van der Waals surface area contributed by atoms with Crippen molar-refractivity contribution in [3.63, 3.8) is 0 Å². The van der Waals surface area contributed by atoms with E-state index in [0.717, 1.165) is 6.42 Å². The molecule has 0 bridgehead atoms. The zero-order valence-corrected chi connectivity index (χ0v) is 19.6. The SMILES string of the molecule is CCCNS(=O)(=O)c1ccc(NC(=S)NC(=O)c2ccc(OCCC(C)C)cc2)cc1. The molecule has 31 heavy (non-hydrogen) atoms. The third-order valence-electron chi connectivity index (χ3n) is 4.27. The number of hydrogen-bond acceptors (Lipinski definition) is 5. The van der Waals surface area contributed by atoms with E-state index < -0.39 is 10.0 Å². The Kier molecular flexibility index (Phi) is 9.42. The van der Waals surface area contributed by atoms with E-state index >= 15 is 0 Å². The number of carbonyl (C=O) groups excluding carboxylic acids is 1. The molecule has 0 aromatic heterocycles. The van der Waals surface area contributed by atoms with Crippen LogP contribution >= 0.6 is 12.2 Å². The summed E-state index contributed by atoms with van der Waals surface area (Å²) >= 11 is 5.18. The molecule has 0 aliphatic carbocycles. The predicted molar refractivity (Wildman–Crippen MR) is 127 cm³/mol. The van der Waals surface area contributed by atoms with Gasteiger partial charge in [-0.1, -0.05) is 20.8 Å². The van der Waals surface area contributed by atoms with Gasteiger partial charge in [0, 0.05) is 17.8 Å². The van der Waals surface area contributed by atoms with Crippen molar-refractivity contribution in [2.75, 3.05) is 18.5 Å². The van der Waals surface area contributed by atoms with Crippen LogP contribution in [0.25, 0.3) is 0 Å². The number of anilines is 1. The second-order valence-corrected chi connectivity index (χ2v) is 9.56. The van der Waals surface area contributed by atoms with E-state index in [1.54, 1.807) is 36.4 Å². The van der Waals surface area contributed by atoms with Gasteiger partial charge in [0.15, 0.2) is 5.11 Å². The van der Waals surface area contributed by atoms with E-state index in [2.05, 4.69) is 29.2 Å². The second-order valence-electron chi connectivity index (χ2n) is 7.39. The van der Waals surface area contributed by atoms with Crippen molar-refractivity contribution in [1.29, 1.82) is 0 Å². The lowest BCUT2D eigenvalue weighted by Gasteiger charge is -2.11. The Morgan fingerprint density at radius 2 is 1.71 bits per heavy atom. The van der Waals surface area contributed by atoms with Gasteiger partial charge in [0.1, 0.15) is 5.75 Å². The minimum Gasteiger partial charge on any atom is -0.494 e. The average molecular weight is 464 g/mol. The van der Waals surface area contributed by atoms with Gasteiger partial charge >= 0.3 is 0 Å². The molecule has 0 saturated heterocycles. The lowest BCUT2D eigenvalue weighted by molar-refractivity contribution is 0.0977. The van der Waals surface area contributed by atoms with Crippen LogP contribution in [0.15, 0.2) is 53.4 Å². The maximum Gasteiger partial charge on any atom is 0.257 e. The number of thiocarbonyl (C=S) groups is 1. The predicted octanol–water partition coefficient (Wildman–Crippen LogP) is 3.93. The molecule has 0 spiro atoms. The summed E-state index contributed by atoms with van der Waals surface area (Å²) in [4.78, 5) is 12.5. The van der Waals surface area contributed by atoms with Crippen LogP contribution in [0.2, 0.25) is 0 Å². The van der Waals surface area contributed by atoms with Crippen LogP contribution < -0.4 is 20.1 Å². The highest BCUT2D eigenvalue weighted by Gasteiger charge is 2.13. The smallest absolute Gasteiger partial charge is 0.257 e. The first-order valence-corrected chi connectivity index (χ1v) is 12.1. The Hall–Kier alpha value is -2.49. The average Bonchev–Trinajstić information content (AvgIpc) is 2.73. The summed E-state index contributed by atoms with van der Waals surface area (Å²) in [6.45, 7) is 7.17. The standard InChI is InChI=1S/C22H29N3O4S2/c1-4-14-23-31(27,28)20-11-7-18(8-12-20)24-22(30)25-21(26)17-5-9-19(10-6-17)29-15-13-16(2)3/h5-12,16,23H,4,13-15H2,1-3H3,(H2,24,25,26,30). The summed E-state index contributed by atoms with van der Waals surface area (Å²) in [6, 6.07) is 13.0. The van der Waals surface area contributed by atoms with Gasteiger partial charge in [-0.3, -0.25) is 10.1 Å². The highest BCUT2D eigenvalue weighted by atomic mass is 32.2. The van der Waals surface area contributed by atoms with Gasteiger partial charge in [-0.15, -0.1) is 0 Å². The molecule has 0 atom stereocenters. The summed E-state index contributed by atoms with van der Waals surface area (Å²) in [5.74, 6) is 0.924. The molecule has 2 rings (SSSR count). The molecule has 9 heteroatoms. The monoisotopic (exact) mass is 463 g/mol. The van der Waals surface area contributed by atoms with E-state index in [1.807, 2.05) is 6.92 Å². The summed E-state index contributed by atoms with van der Waals surface area (Å²) in [5.41, 5.74) is 1.01. The molecule has 0 fully saturated rings. The number of sulfonamides is 1. The lowest BCUT2D eigenvalue weighted by atomic mass is 10.1. The van der Waals surface area contributed by atoms with Crippen molar-refractivity contribution >= 4 is 38.9 Å². The van der Waals surface area contributed by atoms with Crippen molar-refractivity contribution in [3.8, 4) is 5.75 Å². The van der Waals surface area contributed by atoms with Crippen LogP contribution in [-0.2, 0) is 10.0 Å². The number of ether oxygens (including phenoxy) is 1. The van der Waals surface area contributed by atoms with Crippen molar-refractivity contribution in [3.05, 3.63) is 54.1 Å². The zero-order valence-electron chi connectivity index (χ0n) is 18.0. The van der Waals surface area contributed by atoms with Gasteiger partial charge in [-0.05, 0) is 79.5 Å². The van der Waals surface area contributed by atoms with E-state index in [0.29, 0.717) is 42.5 Å². The van der Waals surface area contributed by atoms with E-state index in [1.165, 1.54) is 12.1 Å². The van der Waals surface area contributed by atoms with E-state index in [4.69, 9.17) is 17.0 Å². The van der Waals surface area contributed by atoms with Gasteiger partial charge in [-0.2, -0.15) is 0 Å². The van der Waals surface area contributed by atoms with Crippen LogP contribution in [0.5, 0.6) is 5.75 Å². The molecule has 1 amide bonds. The molecule has 0 saturated carbocycles. The van der Waals surface area contributed by atoms with Crippen LogP contribution in [0.1, 0.15) is 44.0 Å². The van der Waals surface area contributed by atoms with Gasteiger partial charge in [0.25, 0.3) is 5.91 Å². The van der Waals surface area contributed by atoms with E-state index in [-0.39, 0.29) is 15.9 Å². The lowest BCUT2D eigenvalue weighted by Crippen LogP contribution is -2.34. The fourth-order valence-corrected chi connectivity index (χ4v) is 3.83. The second kappa shape index (κ2) is 11.8. The highest BCUT2D eigenvalue weighted by molar-refractivity contribution is 7.89. The third kappa shape index (κ3) is 8.28. The summed E-state index contributed by atoms with van der Waals surface area (Å²) in [7, 11) is -3.53. The quantitative estimate of drug-likeness (QED) is 0.462. The summed E-state index contributed by atoms with van der Waals surface area (Å²) in [6.07, 6.45) is 1.67. The number of nitrogens with one attached hydrogen (secondary N) is 3. The molecule has 2 aromatic carbocycles. The topological polar surface area (TPSA) is 96.5 Å². The molecule has 0 aliphatic heterocycles. The van der Waals surface area contributed by atoms with E-state index in [9.17, 15) is 13.2 Å². The number of hydrogen-bond donors (Lipinski definition) is 3. The Labute approximate surface area is 189 Å². The van der Waals surface area contributed by atoms with Crippen LogP contribution in [0.3, 0.4) is 0 Å². The Morgan fingerprint density at radius 3 is 2.29 bits per heavy atom. The molecule has 0 aliphatic rings. The fourth-order valence-electron chi connectivity index (χ4n) is 2.49. The molecule has 2 aromatic rings. The zero-order chi connectivity index (χ0) is 22.9. The van der Waals surface area contributed by atoms with Crippen LogP contribution in [-0.4, -0.2) is 32.6 Å². The first-order valence-electron chi connectivity index (χ1n) is 10.2. The normalized spacial score (nSPS) is 11.2. The molecule has 0 unspecified atom stereocenters. The first kappa shape index (κ1) is 24.8. The molecule has 168 valence electrons. The largest absolute Gasteiger partial charge is 0.494 e. The molecular formula is C22H29N3O4S2. The van der Waals surface area contributed by atoms with Crippen molar-refractivity contribution in [1.82, 2.24) is 10.0 Å². The van der Waals surface area contributed by atoms with Crippen LogP contribution in [0, 0.1) is 5.92 Å².